The number of nitrogens with one attached hydrogen (secondary N) is 2. The van der Waals surface area contributed by atoms with Crippen LogP contribution in [0.5, 0.6) is 0 Å². The molecular formula is C25H24Cl2N2O2S. The minimum Gasteiger partial charge on any atom is -0.325 e. The maximum absolute atomic E-state index is 12.9. The van der Waals surface area contributed by atoms with E-state index in [1.165, 1.54) is 17.8 Å². The lowest BCUT2D eigenvalue weighted by Crippen LogP contribution is -2.25. The van der Waals surface area contributed by atoms with E-state index in [0.717, 1.165) is 21.7 Å². The van der Waals surface area contributed by atoms with E-state index < -0.39 is 0 Å². The largest absolute Gasteiger partial charge is 0.325 e. The number of halogens is 2. The minimum absolute atomic E-state index is 0.0492. The van der Waals surface area contributed by atoms with Crippen LogP contribution in [0.25, 0.3) is 0 Å². The summed E-state index contributed by atoms with van der Waals surface area (Å²) in [6.07, 6.45) is 0.665. The number of hydrogen-bond donors (Lipinski definition) is 2. The zero-order valence-corrected chi connectivity index (χ0v) is 20.4. The number of amides is 2. The van der Waals surface area contributed by atoms with Gasteiger partial charge in [0.05, 0.1) is 15.8 Å². The Balaban J connectivity index is 1.69. The van der Waals surface area contributed by atoms with Crippen molar-refractivity contribution in [2.24, 2.45) is 0 Å². The van der Waals surface area contributed by atoms with Crippen molar-refractivity contribution >= 4 is 58.2 Å². The monoisotopic (exact) mass is 486 g/mol. The Kier molecular flexibility index (Phi) is 8.24. The molecule has 3 rings (SSSR count). The highest BCUT2D eigenvalue weighted by Crippen LogP contribution is 2.30. The quantitative estimate of drug-likeness (QED) is 0.342. The molecule has 0 fully saturated rings. The lowest BCUT2D eigenvalue weighted by Gasteiger charge is -2.17. The van der Waals surface area contributed by atoms with Gasteiger partial charge in [0.1, 0.15) is 0 Å². The molecule has 3 aromatic rings. The SMILES string of the molecule is CCC(Sc1cccc(NC(=O)c2ccc(Cl)cc2Cl)c1)C(=O)Nc1ccc(C)cc1C. The first-order valence-electron chi connectivity index (χ1n) is 10.2. The van der Waals surface area contributed by atoms with Gasteiger partial charge >= 0.3 is 0 Å². The standard InChI is InChI=1S/C25H24Cl2N2O2S/c1-4-23(25(31)29-22-11-8-15(2)12-16(22)3)32-19-7-5-6-18(14-19)28-24(30)20-10-9-17(26)13-21(20)27/h5-14,23H,4H2,1-3H3,(H,28,30)(H,29,31). The molecule has 4 nitrogen and oxygen atoms in total. The van der Waals surface area contributed by atoms with Gasteiger partial charge in [0, 0.05) is 21.3 Å². The fourth-order valence-corrected chi connectivity index (χ4v) is 4.68. The third kappa shape index (κ3) is 6.28. The summed E-state index contributed by atoms with van der Waals surface area (Å²) in [5.41, 5.74) is 3.97. The van der Waals surface area contributed by atoms with Gasteiger partial charge in [0.2, 0.25) is 5.91 Å². The summed E-state index contributed by atoms with van der Waals surface area (Å²) in [6.45, 7) is 5.99. The van der Waals surface area contributed by atoms with Crippen molar-refractivity contribution in [3.05, 3.63) is 87.4 Å². The lowest BCUT2D eigenvalue weighted by atomic mass is 10.1. The van der Waals surface area contributed by atoms with Crippen molar-refractivity contribution in [2.75, 3.05) is 10.6 Å². The molecule has 3 aromatic carbocycles. The maximum Gasteiger partial charge on any atom is 0.257 e. The van der Waals surface area contributed by atoms with Crippen LogP contribution < -0.4 is 10.6 Å². The molecule has 1 atom stereocenters. The Morgan fingerprint density at radius 3 is 2.44 bits per heavy atom. The molecule has 0 radical (unpaired) electrons. The molecule has 0 aliphatic rings. The van der Waals surface area contributed by atoms with E-state index in [9.17, 15) is 9.59 Å². The summed E-state index contributed by atoms with van der Waals surface area (Å²) >= 11 is 13.5. The number of benzene rings is 3. The summed E-state index contributed by atoms with van der Waals surface area (Å²) < 4.78 is 0. The molecule has 0 saturated heterocycles. The van der Waals surface area contributed by atoms with E-state index in [2.05, 4.69) is 10.6 Å². The molecule has 0 aliphatic carbocycles. The van der Waals surface area contributed by atoms with Crippen molar-refractivity contribution in [3.8, 4) is 0 Å². The molecule has 0 heterocycles. The van der Waals surface area contributed by atoms with Gasteiger partial charge in [-0.1, -0.05) is 53.9 Å². The normalized spacial score (nSPS) is 11.7. The second-order valence-electron chi connectivity index (χ2n) is 7.43. The highest BCUT2D eigenvalue weighted by atomic mass is 35.5. The molecule has 1 unspecified atom stereocenters. The topological polar surface area (TPSA) is 58.2 Å². The van der Waals surface area contributed by atoms with Crippen molar-refractivity contribution < 1.29 is 9.59 Å². The van der Waals surface area contributed by atoms with E-state index in [1.807, 2.05) is 57.2 Å². The number of carbonyl (C=O) groups is 2. The van der Waals surface area contributed by atoms with Crippen LogP contribution in [-0.4, -0.2) is 17.1 Å². The van der Waals surface area contributed by atoms with Crippen LogP contribution in [0.3, 0.4) is 0 Å². The average Bonchev–Trinajstić information content (AvgIpc) is 2.74. The number of thioether (sulfide) groups is 1. The fraction of sp³-hybridized carbons (Fsp3) is 0.200. The Labute approximate surface area is 202 Å². The molecule has 0 aliphatic heterocycles. The Bertz CT molecular complexity index is 1150. The summed E-state index contributed by atoms with van der Waals surface area (Å²) in [4.78, 5) is 26.3. The molecular weight excluding hydrogens is 463 g/mol. The zero-order chi connectivity index (χ0) is 23.3. The maximum atomic E-state index is 12.9. The van der Waals surface area contributed by atoms with Crippen LogP contribution in [0.1, 0.15) is 34.8 Å². The first-order valence-corrected chi connectivity index (χ1v) is 11.8. The minimum atomic E-state index is -0.326. The molecule has 0 bridgehead atoms. The number of anilines is 2. The van der Waals surface area contributed by atoms with Gasteiger partial charge in [0.15, 0.2) is 0 Å². The zero-order valence-electron chi connectivity index (χ0n) is 18.0. The molecule has 2 N–H and O–H groups in total. The van der Waals surface area contributed by atoms with Crippen LogP contribution in [0.15, 0.2) is 65.6 Å². The van der Waals surface area contributed by atoms with E-state index in [-0.39, 0.29) is 22.1 Å². The lowest BCUT2D eigenvalue weighted by molar-refractivity contribution is -0.115. The fourth-order valence-electron chi connectivity index (χ4n) is 3.17. The first-order chi connectivity index (χ1) is 15.3. The Hall–Kier alpha value is -2.47. The van der Waals surface area contributed by atoms with Crippen molar-refractivity contribution in [3.63, 3.8) is 0 Å². The third-order valence-electron chi connectivity index (χ3n) is 4.85. The predicted molar refractivity (Wildman–Crippen MR) is 135 cm³/mol. The van der Waals surface area contributed by atoms with Gasteiger partial charge in [0.25, 0.3) is 5.91 Å². The second-order valence-corrected chi connectivity index (χ2v) is 9.55. The number of aryl methyl sites for hydroxylation is 2. The average molecular weight is 487 g/mol. The Morgan fingerprint density at radius 1 is 0.969 bits per heavy atom. The molecule has 0 spiro atoms. The van der Waals surface area contributed by atoms with Gasteiger partial charge in [-0.15, -0.1) is 11.8 Å². The van der Waals surface area contributed by atoms with Crippen LogP contribution >= 0.6 is 35.0 Å². The summed E-state index contributed by atoms with van der Waals surface area (Å²) in [5.74, 6) is -0.375. The van der Waals surface area contributed by atoms with Crippen LogP contribution in [-0.2, 0) is 4.79 Å². The number of rotatable bonds is 7. The molecule has 2 amide bonds. The molecule has 166 valence electrons. The van der Waals surface area contributed by atoms with Gasteiger partial charge in [-0.3, -0.25) is 9.59 Å². The molecule has 32 heavy (non-hydrogen) atoms. The molecule has 0 saturated carbocycles. The highest BCUT2D eigenvalue weighted by molar-refractivity contribution is 8.00. The van der Waals surface area contributed by atoms with E-state index in [1.54, 1.807) is 18.2 Å². The van der Waals surface area contributed by atoms with Crippen molar-refractivity contribution in [1.82, 2.24) is 0 Å². The third-order valence-corrected chi connectivity index (χ3v) is 6.75. The second kappa shape index (κ2) is 10.9. The van der Waals surface area contributed by atoms with Gasteiger partial charge in [-0.2, -0.15) is 0 Å². The van der Waals surface area contributed by atoms with E-state index in [4.69, 9.17) is 23.2 Å². The summed E-state index contributed by atoms with van der Waals surface area (Å²) in [5, 5.41) is 6.37. The summed E-state index contributed by atoms with van der Waals surface area (Å²) in [7, 11) is 0. The Morgan fingerprint density at radius 2 is 1.75 bits per heavy atom. The number of carbonyl (C=O) groups excluding carboxylic acids is 2. The van der Waals surface area contributed by atoms with Gasteiger partial charge in [-0.25, -0.2) is 0 Å². The highest BCUT2D eigenvalue weighted by Gasteiger charge is 2.19. The number of hydrogen-bond acceptors (Lipinski definition) is 3. The first kappa shape index (κ1) is 24.2. The van der Waals surface area contributed by atoms with Crippen molar-refractivity contribution in [1.29, 1.82) is 0 Å². The van der Waals surface area contributed by atoms with E-state index >= 15 is 0 Å². The smallest absolute Gasteiger partial charge is 0.257 e. The van der Waals surface area contributed by atoms with Crippen molar-refractivity contribution in [2.45, 2.75) is 37.3 Å². The van der Waals surface area contributed by atoms with Gasteiger partial charge < -0.3 is 10.6 Å². The van der Waals surface area contributed by atoms with Gasteiger partial charge in [-0.05, 0) is 68.3 Å². The molecule has 0 aromatic heterocycles. The van der Waals surface area contributed by atoms with Crippen LogP contribution in [0.2, 0.25) is 10.0 Å². The predicted octanol–water partition coefficient (Wildman–Crippen LogP) is 7.37. The van der Waals surface area contributed by atoms with Crippen LogP contribution in [0, 0.1) is 13.8 Å². The van der Waals surface area contributed by atoms with E-state index in [0.29, 0.717) is 22.7 Å². The summed E-state index contributed by atoms with van der Waals surface area (Å²) in [6, 6.07) is 18.1. The molecule has 7 heteroatoms. The van der Waals surface area contributed by atoms with Crippen LogP contribution in [0.4, 0.5) is 11.4 Å².